The van der Waals surface area contributed by atoms with Crippen molar-refractivity contribution in [3.63, 3.8) is 0 Å². The Hall–Kier alpha value is -1.63. The summed E-state index contributed by atoms with van der Waals surface area (Å²) in [7, 11) is 1.45. The summed E-state index contributed by atoms with van der Waals surface area (Å²) in [6, 6.07) is 7.55. The number of benzene rings is 1. The van der Waals surface area contributed by atoms with Crippen molar-refractivity contribution in [3.8, 4) is 11.3 Å². The highest BCUT2D eigenvalue weighted by atomic mass is 14.9. The standard InChI is InChI=1S/C16H20N/c1-11-9-10-15(17(5)14(11)4)16-12(2)7-6-8-13(16)3/h6-10H,1-5H3/q+1/i1D3,2D3,4D3. The highest BCUT2D eigenvalue weighted by Gasteiger charge is 2.17. The van der Waals surface area contributed by atoms with Crippen molar-refractivity contribution < 1.29 is 16.9 Å². The van der Waals surface area contributed by atoms with Gasteiger partial charge in [0.2, 0.25) is 5.69 Å². The fourth-order valence-corrected chi connectivity index (χ4v) is 1.91. The quantitative estimate of drug-likeness (QED) is 0.667. The third-order valence-corrected chi connectivity index (χ3v) is 2.89. The first-order chi connectivity index (χ1) is 11.7. The maximum atomic E-state index is 7.78. The Morgan fingerprint density at radius 3 is 2.41 bits per heavy atom. The van der Waals surface area contributed by atoms with Crippen molar-refractivity contribution in [1.82, 2.24) is 0 Å². The SMILES string of the molecule is [2H]C([2H])([2H])c1cccc(C)c1-c1ccc(C([2H])([2H])[2H])c(C([2H])([2H])[2H])[n+]1C. The molecule has 2 aromatic rings. The van der Waals surface area contributed by atoms with Gasteiger partial charge in [0.15, 0.2) is 5.69 Å². The van der Waals surface area contributed by atoms with E-state index >= 15 is 0 Å². The minimum atomic E-state index is -2.67. The van der Waals surface area contributed by atoms with Crippen LogP contribution in [-0.4, -0.2) is 0 Å². The summed E-state index contributed by atoms with van der Waals surface area (Å²) in [6.45, 7) is -5.93. The largest absolute Gasteiger partial charge is 0.213 e. The summed E-state index contributed by atoms with van der Waals surface area (Å²) in [5.74, 6) is 0. The van der Waals surface area contributed by atoms with Crippen molar-refractivity contribution in [2.75, 3.05) is 0 Å². The molecule has 1 nitrogen and oxygen atoms in total. The average Bonchev–Trinajstić information content (AvgIpc) is 2.43. The van der Waals surface area contributed by atoms with Gasteiger partial charge in [0.25, 0.3) is 0 Å². The average molecular weight is 235 g/mol. The van der Waals surface area contributed by atoms with E-state index in [0.29, 0.717) is 16.8 Å². The highest BCUT2D eigenvalue weighted by molar-refractivity contribution is 5.65. The van der Waals surface area contributed by atoms with Crippen LogP contribution < -0.4 is 4.57 Å². The molecule has 0 aliphatic carbocycles. The maximum Gasteiger partial charge on any atom is 0.213 e. The van der Waals surface area contributed by atoms with Crippen molar-refractivity contribution in [2.45, 2.75) is 27.5 Å². The van der Waals surface area contributed by atoms with E-state index in [1.54, 1.807) is 19.1 Å². The van der Waals surface area contributed by atoms with Gasteiger partial charge >= 0.3 is 0 Å². The molecule has 0 aliphatic rings. The summed E-state index contributed by atoms with van der Waals surface area (Å²) >= 11 is 0. The lowest BCUT2D eigenvalue weighted by atomic mass is 9.98. The van der Waals surface area contributed by atoms with Crippen molar-refractivity contribution in [3.05, 3.63) is 52.7 Å². The first kappa shape index (κ1) is 4.93. The Bertz CT molecular complexity index is 829. The van der Waals surface area contributed by atoms with Crippen LogP contribution in [0.25, 0.3) is 11.3 Å². The number of hydrogen-bond acceptors (Lipinski definition) is 0. The number of hydrogen-bond donors (Lipinski definition) is 0. The molecule has 1 heteroatoms. The first-order valence-corrected chi connectivity index (χ1v) is 5.30. The number of pyridine rings is 1. The van der Waals surface area contributed by atoms with E-state index in [0.717, 1.165) is 0 Å². The fourth-order valence-electron chi connectivity index (χ4n) is 1.91. The van der Waals surface area contributed by atoms with Crippen LogP contribution in [0.5, 0.6) is 0 Å². The molecule has 0 radical (unpaired) electrons. The molecule has 1 aromatic heterocycles. The lowest BCUT2D eigenvalue weighted by Gasteiger charge is -2.10. The molecule has 1 aromatic carbocycles. The van der Waals surface area contributed by atoms with Crippen LogP contribution in [0.4, 0.5) is 0 Å². The zero-order valence-corrected chi connectivity index (χ0v) is 9.83. The second-order valence-electron chi connectivity index (χ2n) is 4.04. The van der Waals surface area contributed by atoms with Crippen LogP contribution in [0.3, 0.4) is 0 Å². The van der Waals surface area contributed by atoms with Crippen LogP contribution >= 0.6 is 0 Å². The zero-order valence-electron chi connectivity index (χ0n) is 18.8. The second-order valence-corrected chi connectivity index (χ2v) is 4.04. The van der Waals surface area contributed by atoms with Crippen LogP contribution in [0.15, 0.2) is 30.3 Å². The number of aryl methyl sites for hydroxylation is 3. The molecular weight excluding hydrogens is 206 g/mol. The van der Waals surface area contributed by atoms with E-state index in [4.69, 9.17) is 12.3 Å². The number of rotatable bonds is 1. The Morgan fingerprint density at radius 2 is 1.71 bits per heavy atom. The van der Waals surface area contributed by atoms with Gasteiger partial charge in [-0.2, -0.15) is 4.57 Å². The van der Waals surface area contributed by atoms with Gasteiger partial charge in [-0.25, -0.2) is 0 Å². The molecule has 0 aliphatic heterocycles. The van der Waals surface area contributed by atoms with Crippen LogP contribution in [0, 0.1) is 27.5 Å². The zero-order chi connectivity index (χ0) is 20.1. The molecule has 0 atom stereocenters. The van der Waals surface area contributed by atoms with Crippen molar-refractivity contribution in [1.29, 1.82) is 0 Å². The van der Waals surface area contributed by atoms with Gasteiger partial charge in [-0.3, -0.25) is 0 Å². The monoisotopic (exact) mass is 235 g/mol. The number of aromatic nitrogens is 1. The lowest BCUT2D eigenvalue weighted by molar-refractivity contribution is -0.667. The smallest absolute Gasteiger partial charge is 0.198 e. The third-order valence-electron chi connectivity index (χ3n) is 2.89. The van der Waals surface area contributed by atoms with Crippen LogP contribution in [0.2, 0.25) is 0 Å². The van der Waals surface area contributed by atoms with E-state index in [1.807, 2.05) is 0 Å². The van der Waals surface area contributed by atoms with Crippen molar-refractivity contribution >= 4 is 0 Å². The van der Waals surface area contributed by atoms with Gasteiger partial charge in [-0.1, -0.05) is 18.2 Å². The molecule has 2 rings (SSSR count). The van der Waals surface area contributed by atoms with Crippen LogP contribution in [0.1, 0.15) is 34.7 Å². The summed E-state index contributed by atoms with van der Waals surface area (Å²) in [5, 5.41) is 0. The first-order valence-electron chi connectivity index (χ1n) is 9.80. The minimum absolute atomic E-state index is 0.0891. The molecule has 1 heterocycles. The van der Waals surface area contributed by atoms with E-state index in [2.05, 4.69) is 0 Å². The molecule has 17 heavy (non-hydrogen) atoms. The highest BCUT2D eigenvalue weighted by Crippen LogP contribution is 2.24. The van der Waals surface area contributed by atoms with Gasteiger partial charge < -0.3 is 0 Å². The lowest BCUT2D eigenvalue weighted by Crippen LogP contribution is -2.35. The fraction of sp³-hybridized carbons (Fsp3) is 0.312. The molecule has 0 unspecified atom stereocenters. The Balaban J connectivity index is 2.92. The maximum absolute atomic E-state index is 7.78. The molecular formula is C16H20N+. The molecule has 0 fully saturated rings. The Kier molecular flexibility index (Phi) is 1.25. The van der Waals surface area contributed by atoms with Crippen LogP contribution in [-0.2, 0) is 7.05 Å². The topological polar surface area (TPSA) is 3.88 Å². The third kappa shape index (κ3) is 1.97. The van der Waals surface area contributed by atoms with Gasteiger partial charge in [-0.05, 0) is 37.8 Å². The summed E-state index contributed by atoms with van der Waals surface area (Å²) in [5.41, 5.74) is 0.882. The Labute approximate surface area is 116 Å². The Morgan fingerprint density at radius 1 is 0.941 bits per heavy atom. The van der Waals surface area contributed by atoms with Crippen molar-refractivity contribution in [2.24, 2.45) is 7.05 Å². The predicted molar refractivity (Wildman–Crippen MR) is 72.0 cm³/mol. The van der Waals surface area contributed by atoms with Gasteiger partial charge in [0.05, 0.1) is 5.56 Å². The summed E-state index contributed by atoms with van der Waals surface area (Å²) < 4.78 is 70.8. The molecule has 88 valence electrons. The van der Waals surface area contributed by atoms with E-state index in [-0.39, 0.29) is 16.8 Å². The van der Waals surface area contributed by atoms with Gasteiger partial charge in [-0.15, -0.1) is 0 Å². The second kappa shape index (κ2) is 4.33. The molecule has 0 N–H and O–H groups in total. The molecule has 0 saturated carbocycles. The van der Waals surface area contributed by atoms with E-state index in [1.165, 1.54) is 29.8 Å². The predicted octanol–water partition coefficient (Wildman–Crippen LogP) is 3.41. The van der Waals surface area contributed by atoms with E-state index in [9.17, 15) is 0 Å². The molecule has 0 bridgehead atoms. The van der Waals surface area contributed by atoms with Gasteiger partial charge in [0.1, 0.15) is 7.05 Å². The van der Waals surface area contributed by atoms with Gasteiger partial charge in [0, 0.05) is 30.8 Å². The van der Waals surface area contributed by atoms with E-state index < -0.39 is 20.6 Å². The number of nitrogens with zero attached hydrogens (tertiary/aromatic N) is 1. The summed E-state index contributed by atoms with van der Waals surface area (Å²) in [4.78, 5) is 0. The summed E-state index contributed by atoms with van der Waals surface area (Å²) in [6.07, 6.45) is 0. The minimum Gasteiger partial charge on any atom is -0.198 e. The molecule has 0 spiro atoms. The molecule has 0 amide bonds. The molecule has 0 saturated heterocycles. The normalized spacial score (nSPS) is 20.7.